The predicted molar refractivity (Wildman–Crippen MR) is 81.1 cm³/mol. The van der Waals surface area contributed by atoms with Crippen LogP contribution in [0.5, 0.6) is 0 Å². The number of aliphatic hydroxyl groups excluding tert-OH is 1. The fraction of sp³-hybridized carbons (Fsp3) is 0.375. The van der Waals surface area contributed by atoms with Crippen molar-refractivity contribution in [2.45, 2.75) is 37.2 Å². The Balaban J connectivity index is 2.52. The van der Waals surface area contributed by atoms with E-state index in [1.54, 1.807) is 30.3 Å². The summed E-state index contributed by atoms with van der Waals surface area (Å²) in [6.45, 7) is 5.45. The highest BCUT2D eigenvalue weighted by Crippen LogP contribution is 2.11. The third-order valence-electron chi connectivity index (χ3n) is 2.81. The molecule has 3 nitrogen and oxygen atoms in total. The largest absolute Gasteiger partial charge is 0.393 e. The van der Waals surface area contributed by atoms with Crippen molar-refractivity contribution in [2.24, 2.45) is 0 Å². The molecular formula is C16H20O3S. The lowest BCUT2D eigenvalue weighted by molar-refractivity contribution is 0.170. The van der Waals surface area contributed by atoms with Gasteiger partial charge in [0.25, 0.3) is 0 Å². The smallest absolute Gasteiger partial charge is 0.189 e. The highest BCUT2D eigenvalue weighted by Gasteiger charge is 2.11. The van der Waals surface area contributed by atoms with Crippen LogP contribution in [0.3, 0.4) is 0 Å². The second-order valence-corrected chi connectivity index (χ2v) is 6.63. The Morgan fingerprint density at radius 2 is 1.95 bits per heavy atom. The zero-order valence-corrected chi connectivity index (χ0v) is 12.5. The van der Waals surface area contributed by atoms with Crippen LogP contribution in [0.25, 0.3) is 0 Å². The second kappa shape index (κ2) is 7.88. The first-order chi connectivity index (χ1) is 9.45. The minimum Gasteiger partial charge on any atom is -0.393 e. The van der Waals surface area contributed by atoms with Crippen molar-refractivity contribution < 1.29 is 13.5 Å². The number of benzene rings is 1. The maximum Gasteiger partial charge on any atom is 0.189 e. The van der Waals surface area contributed by atoms with Gasteiger partial charge in [0.05, 0.1) is 11.0 Å². The van der Waals surface area contributed by atoms with Gasteiger partial charge in [-0.15, -0.1) is 12.5 Å². The molecule has 0 spiro atoms. The summed E-state index contributed by atoms with van der Waals surface area (Å²) in [5.41, 5.74) is 1.02. The van der Waals surface area contributed by atoms with Crippen LogP contribution in [0.2, 0.25) is 0 Å². The number of aliphatic hydroxyl groups is 1. The maximum absolute atomic E-state index is 12.0. The van der Waals surface area contributed by atoms with Crippen molar-refractivity contribution in [3.05, 3.63) is 42.5 Å². The fourth-order valence-electron chi connectivity index (χ4n) is 1.61. The topological polar surface area (TPSA) is 54.4 Å². The molecule has 0 amide bonds. The van der Waals surface area contributed by atoms with Gasteiger partial charge in [-0.1, -0.05) is 29.7 Å². The van der Waals surface area contributed by atoms with Crippen molar-refractivity contribution in [2.75, 3.05) is 5.75 Å². The Hall–Kier alpha value is -1.57. The average Bonchev–Trinajstić information content (AvgIpc) is 2.39. The molecule has 0 bridgehead atoms. The van der Waals surface area contributed by atoms with E-state index in [-0.39, 0.29) is 5.75 Å². The summed E-state index contributed by atoms with van der Waals surface area (Å²) in [5.74, 6) is 5.26. The van der Waals surface area contributed by atoms with Crippen LogP contribution in [-0.2, 0) is 9.84 Å². The molecule has 0 aromatic heterocycles. The SMILES string of the molecule is C=CCC(O)CCC#CCS(=O)(=O)c1ccc(C)cc1. The van der Waals surface area contributed by atoms with Crippen molar-refractivity contribution in [1.29, 1.82) is 0 Å². The summed E-state index contributed by atoms with van der Waals surface area (Å²) in [5, 5.41) is 9.46. The van der Waals surface area contributed by atoms with Gasteiger partial charge < -0.3 is 5.11 Å². The van der Waals surface area contributed by atoms with Gasteiger partial charge in [-0.25, -0.2) is 8.42 Å². The first-order valence-corrected chi connectivity index (χ1v) is 8.15. The van der Waals surface area contributed by atoms with Gasteiger partial charge in [0.2, 0.25) is 0 Å². The lowest BCUT2D eigenvalue weighted by atomic mass is 10.1. The summed E-state index contributed by atoms with van der Waals surface area (Å²) in [6, 6.07) is 6.73. The van der Waals surface area contributed by atoms with Crippen LogP contribution in [0.15, 0.2) is 41.8 Å². The first kappa shape index (κ1) is 16.5. The summed E-state index contributed by atoms with van der Waals surface area (Å²) in [6.07, 6.45) is 2.75. The number of aryl methyl sites for hydroxylation is 1. The first-order valence-electron chi connectivity index (χ1n) is 6.50. The third-order valence-corrected chi connectivity index (χ3v) is 4.32. The number of sulfone groups is 1. The molecule has 0 fully saturated rings. The molecule has 0 saturated carbocycles. The van der Waals surface area contributed by atoms with Crippen LogP contribution in [0, 0.1) is 18.8 Å². The quantitative estimate of drug-likeness (QED) is 0.647. The van der Waals surface area contributed by atoms with Crippen molar-refractivity contribution in [3.8, 4) is 11.8 Å². The fourth-order valence-corrected chi connectivity index (χ4v) is 2.62. The lowest BCUT2D eigenvalue weighted by Gasteiger charge is -2.03. The Morgan fingerprint density at radius 3 is 2.55 bits per heavy atom. The highest BCUT2D eigenvalue weighted by atomic mass is 32.2. The summed E-state index contributed by atoms with van der Waals surface area (Å²) in [7, 11) is -3.34. The molecule has 1 N–H and O–H groups in total. The van der Waals surface area contributed by atoms with Crippen LogP contribution in [0.1, 0.15) is 24.8 Å². The Kier molecular flexibility index (Phi) is 6.50. The van der Waals surface area contributed by atoms with E-state index in [0.29, 0.717) is 24.2 Å². The van der Waals surface area contributed by atoms with E-state index in [0.717, 1.165) is 5.56 Å². The van der Waals surface area contributed by atoms with Gasteiger partial charge in [-0.3, -0.25) is 0 Å². The molecule has 0 aliphatic rings. The van der Waals surface area contributed by atoms with Crippen LogP contribution in [0.4, 0.5) is 0 Å². The van der Waals surface area contributed by atoms with Gasteiger partial charge >= 0.3 is 0 Å². The molecule has 0 heterocycles. The monoisotopic (exact) mass is 292 g/mol. The van der Waals surface area contributed by atoms with E-state index >= 15 is 0 Å². The molecule has 1 atom stereocenters. The number of rotatable bonds is 6. The van der Waals surface area contributed by atoms with Gasteiger partial charge in [0, 0.05) is 6.42 Å². The average molecular weight is 292 g/mol. The molecule has 1 aromatic carbocycles. The molecule has 1 rings (SSSR count). The van der Waals surface area contributed by atoms with Crippen molar-refractivity contribution in [1.82, 2.24) is 0 Å². The predicted octanol–water partition coefficient (Wildman–Crippen LogP) is 2.49. The van der Waals surface area contributed by atoms with Crippen LogP contribution in [-0.4, -0.2) is 25.4 Å². The molecule has 0 saturated heterocycles. The zero-order valence-electron chi connectivity index (χ0n) is 11.7. The Labute approximate surface area is 121 Å². The van der Waals surface area contributed by atoms with Crippen molar-refractivity contribution >= 4 is 9.84 Å². The zero-order chi connectivity index (χ0) is 15.0. The molecule has 20 heavy (non-hydrogen) atoms. The van der Waals surface area contributed by atoms with Gasteiger partial charge in [-0.2, -0.15) is 0 Å². The van der Waals surface area contributed by atoms with E-state index in [2.05, 4.69) is 18.4 Å². The molecule has 1 unspecified atom stereocenters. The summed E-state index contributed by atoms with van der Waals surface area (Å²) >= 11 is 0. The van der Waals surface area contributed by atoms with Crippen molar-refractivity contribution in [3.63, 3.8) is 0 Å². The lowest BCUT2D eigenvalue weighted by Crippen LogP contribution is -2.05. The summed E-state index contributed by atoms with van der Waals surface area (Å²) < 4.78 is 24.0. The highest BCUT2D eigenvalue weighted by molar-refractivity contribution is 7.91. The van der Waals surface area contributed by atoms with E-state index in [4.69, 9.17) is 0 Å². The second-order valence-electron chi connectivity index (χ2n) is 4.64. The van der Waals surface area contributed by atoms with E-state index < -0.39 is 15.9 Å². The molecule has 0 aliphatic carbocycles. The molecular weight excluding hydrogens is 272 g/mol. The molecule has 0 aliphatic heterocycles. The molecule has 0 radical (unpaired) electrons. The van der Waals surface area contributed by atoms with E-state index in [1.807, 2.05) is 6.92 Å². The molecule has 1 aromatic rings. The number of hydrogen-bond donors (Lipinski definition) is 1. The van der Waals surface area contributed by atoms with Gasteiger partial charge in [0.1, 0.15) is 5.75 Å². The molecule has 108 valence electrons. The minimum atomic E-state index is -3.34. The third kappa shape index (κ3) is 5.60. The molecule has 4 heteroatoms. The minimum absolute atomic E-state index is 0.187. The Bertz CT molecular complexity index is 589. The van der Waals surface area contributed by atoms with E-state index in [1.165, 1.54) is 0 Å². The normalized spacial score (nSPS) is 12.3. The van der Waals surface area contributed by atoms with E-state index in [9.17, 15) is 13.5 Å². The van der Waals surface area contributed by atoms with Crippen LogP contribution < -0.4 is 0 Å². The standard InChI is InChI=1S/C16H20O3S/c1-3-7-15(17)8-5-4-6-13-20(18,19)16-11-9-14(2)10-12-16/h3,9-12,15,17H,1,5,7-8,13H2,2H3. The van der Waals surface area contributed by atoms with Crippen LogP contribution >= 0.6 is 0 Å². The number of hydrogen-bond acceptors (Lipinski definition) is 3. The Morgan fingerprint density at radius 1 is 1.30 bits per heavy atom. The van der Waals surface area contributed by atoms with Gasteiger partial charge in [-0.05, 0) is 31.9 Å². The van der Waals surface area contributed by atoms with Gasteiger partial charge in [0.15, 0.2) is 9.84 Å². The summed E-state index contributed by atoms with van der Waals surface area (Å²) in [4.78, 5) is 0.295. The maximum atomic E-state index is 12.0.